The molecule has 0 aliphatic heterocycles. The molecule has 0 aromatic rings. The van der Waals surface area contributed by atoms with Crippen LogP contribution in [0, 0.1) is 0 Å². The van der Waals surface area contributed by atoms with Crippen molar-refractivity contribution in [2.24, 2.45) is 0 Å². The quantitative estimate of drug-likeness (QED) is 0.747. The Morgan fingerprint density at radius 2 is 1.71 bits per heavy atom. The second kappa shape index (κ2) is 7.34. The molecular formula is C12H25NO3S. The molecule has 0 aromatic carbocycles. The highest BCUT2D eigenvalue weighted by Gasteiger charge is 2.15. The predicted molar refractivity (Wildman–Crippen MR) is 69.7 cm³/mol. The van der Waals surface area contributed by atoms with Gasteiger partial charge in [0.1, 0.15) is 0 Å². The lowest BCUT2D eigenvalue weighted by Crippen LogP contribution is -2.37. The van der Waals surface area contributed by atoms with Crippen molar-refractivity contribution in [3.8, 4) is 0 Å². The van der Waals surface area contributed by atoms with Crippen LogP contribution < -0.4 is 5.32 Å². The fourth-order valence-electron chi connectivity index (χ4n) is 2.43. The highest BCUT2D eigenvalue weighted by atomic mass is 32.2. The van der Waals surface area contributed by atoms with Crippen LogP contribution in [0.5, 0.6) is 0 Å². The Morgan fingerprint density at radius 3 is 2.24 bits per heavy atom. The van der Waals surface area contributed by atoms with E-state index in [1.165, 1.54) is 44.9 Å². The van der Waals surface area contributed by atoms with Crippen molar-refractivity contribution in [2.45, 2.75) is 70.4 Å². The van der Waals surface area contributed by atoms with Crippen molar-refractivity contribution in [2.75, 3.05) is 5.75 Å². The molecule has 0 saturated heterocycles. The Labute approximate surface area is 105 Å². The summed E-state index contributed by atoms with van der Waals surface area (Å²) in [5.41, 5.74) is 0. The first-order chi connectivity index (χ1) is 7.97. The summed E-state index contributed by atoms with van der Waals surface area (Å²) in [6.07, 6.45) is 9.38. The Bertz CT molecular complexity index is 295. The van der Waals surface area contributed by atoms with Gasteiger partial charge in [-0.2, -0.15) is 8.42 Å². The molecule has 0 heterocycles. The van der Waals surface area contributed by atoms with Crippen LogP contribution in [-0.2, 0) is 10.1 Å². The van der Waals surface area contributed by atoms with Crippen molar-refractivity contribution < 1.29 is 13.0 Å². The van der Waals surface area contributed by atoms with Gasteiger partial charge in [0.2, 0.25) is 0 Å². The second-order valence-electron chi connectivity index (χ2n) is 5.18. The first kappa shape index (κ1) is 14.9. The molecule has 1 fully saturated rings. The van der Waals surface area contributed by atoms with Gasteiger partial charge in [0.05, 0.1) is 5.75 Å². The minimum absolute atomic E-state index is 0.145. The van der Waals surface area contributed by atoms with E-state index in [-0.39, 0.29) is 11.8 Å². The molecule has 1 atom stereocenters. The van der Waals surface area contributed by atoms with Crippen LogP contribution in [0.4, 0.5) is 0 Å². The lowest BCUT2D eigenvalue weighted by Gasteiger charge is -2.24. The lowest BCUT2D eigenvalue weighted by molar-refractivity contribution is 0.354. The van der Waals surface area contributed by atoms with Crippen LogP contribution >= 0.6 is 0 Å². The van der Waals surface area contributed by atoms with Crippen molar-refractivity contribution in [1.29, 1.82) is 0 Å². The molecule has 1 saturated carbocycles. The summed E-state index contributed by atoms with van der Waals surface area (Å²) in [4.78, 5) is 0. The molecule has 4 nitrogen and oxygen atoms in total. The molecule has 0 bridgehead atoms. The van der Waals surface area contributed by atoms with Gasteiger partial charge in [0.15, 0.2) is 0 Å². The van der Waals surface area contributed by atoms with Crippen LogP contribution in [0.15, 0.2) is 0 Å². The van der Waals surface area contributed by atoms with Gasteiger partial charge in [-0.1, -0.05) is 32.1 Å². The first-order valence-electron chi connectivity index (χ1n) is 6.68. The maximum absolute atomic E-state index is 10.7. The summed E-state index contributed by atoms with van der Waals surface area (Å²) < 4.78 is 30.0. The summed E-state index contributed by atoms with van der Waals surface area (Å²) in [6, 6.07) is 0.674. The lowest BCUT2D eigenvalue weighted by atomic mass is 9.96. The average Bonchev–Trinajstić information content (AvgIpc) is 2.18. The fraction of sp³-hybridized carbons (Fsp3) is 1.00. The predicted octanol–water partition coefficient (Wildman–Crippen LogP) is 2.36. The second-order valence-corrected chi connectivity index (χ2v) is 6.76. The van der Waals surface area contributed by atoms with Crippen molar-refractivity contribution in [3.05, 3.63) is 0 Å². The maximum atomic E-state index is 10.7. The Kier molecular flexibility index (Phi) is 6.44. The van der Waals surface area contributed by atoms with Crippen LogP contribution in [0.1, 0.15) is 58.3 Å². The van der Waals surface area contributed by atoms with Gasteiger partial charge in [-0.15, -0.1) is 0 Å². The summed E-state index contributed by atoms with van der Waals surface area (Å²) in [5, 5.41) is 3.48. The molecule has 0 radical (unpaired) electrons. The smallest absolute Gasteiger partial charge is 0.264 e. The minimum atomic E-state index is -3.81. The Balaban J connectivity index is 2.25. The molecule has 5 heteroatoms. The average molecular weight is 263 g/mol. The summed E-state index contributed by atoms with van der Waals surface area (Å²) in [5.74, 6) is -0.145. The summed E-state index contributed by atoms with van der Waals surface area (Å²) in [6.45, 7) is 1.99. The maximum Gasteiger partial charge on any atom is 0.264 e. The summed E-state index contributed by atoms with van der Waals surface area (Å²) >= 11 is 0. The standard InChI is InChI=1S/C12H25NO3S/c1-11(9-10-17(14,15)16)13-12-7-5-3-2-4-6-8-12/h11-13H,2-10H2,1H3,(H,14,15,16). The molecule has 1 rings (SSSR count). The molecule has 2 N–H and O–H groups in total. The van der Waals surface area contributed by atoms with Crippen molar-refractivity contribution in [3.63, 3.8) is 0 Å². The molecule has 0 amide bonds. The van der Waals surface area contributed by atoms with Crippen LogP contribution in [0.2, 0.25) is 0 Å². The number of nitrogens with one attached hydrogen (secondary N) is 1. The van der Waals surface area contributed by atoms with E-state index in [1.807, 2.05) is 6.92 Å². The van der Waals surface area contributed by atoms with Gasteiger partial charge in [0, 0.05) is 12.1 Å². The monoisotopic (exact) mass is 263 g/mol. The third-order valence-corrected chi connectivity index (χ3v) is 4.19. The topological polar surface area (TPSA) is 66.4 Å². The molecule has 102 valence electrons. The highest BCUT2D eigenvalue weighted by molar-refractivity contribution is 7.85. The van der Waals surface area contributed by atoms with E-state index in [9.17, 15) is 8.42 Å². The van der Waals surface area contributed by atoms with Crippen LogP contribution in [0.3, 0.4) is 0 Å². The van der Waals surface area contributed by atoms with Gasteiger partial charge >= 0.3 is 0 Å². The van der Waals surface area contributed by atoms with Gasteiger partial charge in [-0.3, -0.25) is 4.55 Å². The van der Waals surface area contributed by atoms with Crippen molar-refractivity contribution >= 4 is 10.1 Å². The molecule has 1 aliphatic rings. The van der Waals surface area contributed by atoms with Crippen LogP contribution in [-0.4, -0.2) is 30.8 Å². The van der Waals surface area contributed by atoms with E-state index >= 15 is 0 Å². The Morgan fingerprint density at radius 1 is 1.18 bits per heavy atom. The van der Waals surface area contributed by atoms with Gasteiger partial charge < -0.3 is 5.32 Å². The number of hydrogen-bond donors (Lipinski definition) is 2. The van der Waals surface area contributed by atoms with E-state index in [1.54, 1.807) is 0 Å². The summed E-state index contributed by atoms with van der Waals surface area (Å²) in [7, 11) is -3.81. The highest BCUT2D eigenvalue weighted by Crippen LogP contribution is 2.17. The fourth-order valence-corrected chi connectivity index (χ4v) is 3.09. The largest absolute Gasteiger partial charge is 0.311 e. The molecule has 1 aliphatic carbocycles. The van der Waals surface area contributed by atoms with E-state index < -0.39 is 10.1 Å². The van der Waals surface area contributed by atoms with E-state index in [0.29, 0.717) is 12.5 Å². The van der Waals surface area contributed by atoms with Gasteiger partial charge in [-0.25, -0.2) is 0 Å². The zero-order valence-corrected chi connectivity index (χ0v) is 11.5. The molecule has 0 aromatic heterocycles. The Hall–Kier alpha value is -0.130. The molecular weight excluding hydrogens is 238 g/mol. The third kappa shape index (κ3) is 7.73. The zero-order chi connectivity index (χ0) is 12.7. The molecule has 0 spiro atoms. The van der Waals surface area contributed by atoms with E-state index in [2.05, 4.69) is 5.32 Å². The molecule has 1 unspecified atom stereocenters. The van der Waals surface area contributed by atoms with Crippen LogP contribution in [0.25, 0.3) is 0 Å². The normalized spacial score (nSPS) is 21.8. The minimum Gasteiger partial charge on any atom is -0.311 e. The van der Waals surface area contributed by atoms with Gasteiger partial charge in [0.25, 0.3) is 10.1 Å². The van der Waals surface area contributed by atoms with E-state index in [0.717, 1.165) is 0 Å². The SMILES string of the molecule is CC(CCS(=O)(=O)O)NC1CCCCCCC1. The number of hydrogen-bond acceptors (Lipinski definition) is 3. The van der Waals surface area contributed by atoms with Crippen molar-refractivity contribution in [1.82, 2.24) is 5.32 Å². The van der Waals surface area contributed by atoms with E-state index in [4.69, 9.17) is 4.55 Å². The number of rotatable bonds is 5. The molecule has 17 heavy (non-hydrogen) atoms. The third-order valence-electron chi connectivity index (χ3n) is 3.43. The van der Waals surface area contributed by atoms with Gasteiger partial charge in [-0.05, 0) is 26.2 Å². The zero-order valence-electron chi connectivity index (χ0n) is 10.7. The first-order valence-corrected chi connectivity index (χ1v) is 8.29.